The van der Waals surface area contributed by atoms with E-state index in [1.165, 1.54) is 10.8 Å². The zero-order chi connectivity index (χ0) is 10.8. The van der Waals surface area contributed by atoms with E-state index < -0.39 is 5.97 Å². The summed E-state index contributed by atoms with van der Waals surface area (Å²) >= 11 is 5.72. The molecular formula is C10H6ClN2O2-. The van der Waals surface area contributed by atoms with Crippen LogP contribution in [-0.2, 0) is 0 Å². The van der Waals surface area contributed by atoms with Gasteiger partial charge >= 0.3 is 0 Å². The first kappa shape index (κ1) is 9.73. The lowest BCUT2D eigenvalue weighted by atomic mass is 10.3. The number of carboxylic acid groups (broad SMARTS) is 1. The topological polar surface area (TPSA) is 57.9 Å². The number of aromatic nitrogens is 2. The third-order valence-electron chi connectivity index (χ3n) is 1.93. The lowest BCUT2D eigenvalue weighted by Crippen LogP contribution is -2.26. The summed E-state index contributed by atoms with van der Waals surface area (Å²) in [4.78, 5) is 14.4. The number of hydrogen-bond donors (Lipinski definition) is 0. The first-order valence-corrected chi connectivity index (χ1v) is 4.57. The van der Waals surface area contributed by atoms with Crippen LogP contribution in [0.25, 0.3) is 5.69 Å². The van der Waals surface area contributed by atoms with Gasteiger partial charge in [-0.05, 0) is 24.3 Å². The average molecular weight is 222 g/mol. The number of nitrogens with zero attached hydrogens (tertiary/aromatic N) is 2. The molecule has 0 saturated heterocycles. The predicted octanol–water partition coefficient (Wildman–Crippen LogP) is 0.889. The Morgan fingerprint density at radius 2 is 2.00 bits per heavy atom. The maximum Gasteiger partial charge on any atom is 0.160 e. The molecule has 0 unspecified atom stereocenters. The fourth-order valence-corrected chi connectivity index (χ4v) is 1.39. The molecule has 0 atom stereocenters. The monoisotopic (exact) mass is 221 g/mol. The van der Waals surface area contributed by atoms with E-state index in [1.54, 1.807) is 30.5 Å². The Morgan fingerprint density at radius 3 is 2.60 bits per heavy atom. The first-order valence-electron chi connectivity index (χ1n) is 4.19. The Kier molecular flexibility index (Phi) is 2.43. The summed E-state index contributed by atoms with van der Waals surface area (Å²) in [5.74, 6) is -1.44. The van der Waals surface area contributed by atoms with Gasteiger partial charge in [0.05, 0.1) is 0 Å². The van der Waals surface area contributed by atoms with Crippen molar-refractivity contribution >= 4 is 17.6 Å². The molecule has 1 aromatic carbocycles. The van der Waals surface area contributed by atoms with Crippen LogP contribution < -0.4 is 5.11 Å². The molecule has 76 valence electrons. The first-order chi connectivity index (χ1) is 7.18. The minimum atomic E-state index is -1.31. The van der Waals surface area contributed by atoms with Crippen molar-refractivity contribution in [1.29, 1.82) is 0 Å². The molecule has 1 heterocycles. The average Bonchev–Trinajstić information content (AvgIpc) is 2.67. The summed E-state index contributed by atoms with van der Waals surface area (Å²) in [5, 5.41) is 11.3. The summed E-state index contributed by atoms with van der Waals surface area (Å²) in [7, 11) is 0. The van der Waals surface area contributed by atoms with Crippen molar-refractivity contribution in [3.8, 4) is 5.69 Å². The molecule has 0 spiro atoms. The van der Waals surface area contributed by atoms with E-state index in [-0.39, 0.29) is 5.82 Å². The number of imidazole rings is 1. The smallest absolute Gasteiger partial charge is 0.160 e. The van der Waals surface area contributed by atoms with Crippen LogP contribution in [0.2, 0.25) is 5.02 Å². The van der Waals surface area contributed by atoms with Gasteiger partial charge in [-0.25, -0.2) is 4.98 Å². The molecule has 0 N–H and O–H groups in total. The molecule has 0 aliphatic heterocycles. The Bertz CT molecular complexity index is 490. The van der Waals surface area contributed by atoms with Gasteiger partial charge in [0, 0.05) is 23.1 Å². The van der Waals surface area contributed by atoms with Gasteiger partial charge in [0.25, 0.3) is 0 Å². The van der Waals surface area contributed by atoms with E-state index in [2.05, 4.69) is 4.98 Å². The van der Waals surface area contributed by atoms with Gasteiger partial charge in [-0.2, -0.15) is 0 Å². The van der Waals surface area contributed by atoms with Gasteiger partial charge in [-0.1, -0.05) is 11.6 Å². The van der Waals surface area contributed by atoms with Crippen LogP contribution >= 0.6 is 11.6 Å². The van der Waals surface area contributed by atoms with Crippen molar-refractivity contribution in [3.05, 3.63) is 47.5 Å². The number of benzene rings is 1. The number of hydrogen-bond acceptors (Lipinski definition) is 3. The van der Waals surface area contributed by atoms with Crippen molar-refractivity contribution < 1.29 is 9.90 Å². The van der Waals surface area contributed by atoms with E-state index in [0.717, 1.165) is 0 Å². The molecule has 2 aromatic rings. The van der Waals surface area contributed by atoms with Crippen LogP contribution in [0.3, 0.4) is 0 Å². The number of carbonyl (C=O) groups is 1. The Morgan fingerprint density at radius 1 is 1.33 bits per heavy atom. The number of halogens is 1. The minimum absolute atomic E-state index is 0.127. The molecular weight excluding hydrogens is 216 g/mol. The Labute approximate surface area is 90.8 Å². The summed E-state index contributed by atoms with van der Waals surface area (Å²) in [6.07, 6.45) is 2.95. The zero-order valence-corrected chi connectivity index (χ0v) is 8.31. The second kappa shape index (κ2) is 3.74. The predicted molar refractivity (Wildman–Crippen MR) is 52.9 cm³/mol. The van der Waals surface area contributed by atoms with Gasteiger partial charge < -0.3 is 9.90 Å². The summed E-state index contributed by atoms with van der Waals surface area (Å²) < 4.78 is 1.42. The number of aromatic carboxylic acids is 1. The van der Waals surface area contributed by atoms with Gasteiger partial charge in [-0.15, -0.1) is 0 Å². The standard InChI is InChI=1S/C10H7ClN2O2/c11-7-1-3-8(4-2-7)13-6-5-12-9(13)10(14)15/h1-6H,(H,14,15)/p-1. The molecule has 1 aromatic heterocycles. The molecule has 15 heavy (non-hydrogen) atoms. The van der Waals surface area contributed by atoms with Crippen LogP contribution in [0.1, 0.15) is 10.6 Å². The minimum Gasteiger partial charge on any atom is -0.542 e. The molecule has 0 aliphatic carbocycles. The third-order valence-corrected chi connectivity index (χ3v) is 2.18. The highest BCUT2D eigenvalue weighted by atomic mass is 35.5. The molecule has 0 fully saturated rings. The van der Waals surface area contributed by atoms with Crippen molar-refractivity contribution in [3.63, 3.8) is 0 Å². The van der Waals surface area contributed by atoms with Crippen LogP contribution in [0.4, 0.5) is 0 Å². The molecule has 2 rings (SSSR count). The van der Waals surface area contributed by atoms with Crippen molar-refractivity contribution in [2.75, 3.05) is 0 Å². The van der Waals surface area contributed by atoms with E-state index in [1.807, 2.05) is 0 Å². The molecule has 4 nitrogen and oxygen atoms in total. The van der Waals surface area contributed by atoms with E-state index >= 15 is 0 Å². The number of carbonyl (C=O) groups excluding carboxylic acids is 1. The quantitative estimate of drug-likeness (QED) is 0.757. The SMILES string of the molecule is O=C([O-])c1nccn1-c1ccc(Cl)cc1. The second-order valence-corrected chi connectivity index (χ2v) is 3.32. The Balaban J connectivity index is 2.49. The maximum absolute atomic E-state index is 10.7. The van der Waals surface area contributed by atoms with Crippen LogP contribution in [0, 0.1) is 0 Å². The molecule has 0 amide bonds. The van der Waals surface area contributed by atoms with E-state index in [9.17, 15) is 9.90 Å². The van der Waals surface area contributed by atoms with Crippen LogP contribution in [0.5, 0.6) is 0 Å². The van der Waals surface area contributed by atoms with E-state index in [4.69, 9.17) is 11.6 Å². The molecule has 0 bridgehead atoms. The molecule has 0 saturated carbocycles. The van der Waals surface area contributed by atoms with Gasteiger partial charge in [0.2, 0.25) is 0 Å². The zero-order valence-electron chi connectivity index (χ0n) is 7.55. The highest BCUT2D eigenvalue weighted by molar-refractivity contribution is 6.30. The van der Waals surface area contributed by atoms with Crippen LogP contribution in [-0.4, -0.2) is 15.5 Å². The second-order valence-electron chi connectivity index (χ2n) is 2.88. The van der Waals surface area contributed by atoms with Crippen molar-refractivity contribution in [1.82, 2.24) is 9.55 Å². The van der Waals surface area contributed by atoms with Gasteiger partial charge in [0.15, 0.2) is 5.82 Å². The summed E-state index contributed by atoms with van der Waals surface area (Å²) in [6.45, 7) is 0. The van der Waals surface area contributed by atoms with Crippen molar-refractivity contribution in [2.24, 2.45) is 0 Å². The van der Waals surface area contributed by atoms with Gasteiger partial charge in [-0.3, -0.25) is 4.57 Å². The third kappa shape index (κ3) is 1.85. The molecule has 0 radical (unpaired) electrons. The Hall–Kier alpha value is -1.81. The molecule has 0 aliphatic rings. The molecule has 5 heteroatoms. The van der Waals surface area contributed by atoms with Crippen LogP contribution in [0.15, 0.2) is 36.7 Å². The number of rotatable bonds is 2. The van der Waals surface area contributed by atoms with Gasteiger partial charge in [0.1, 0.15) is 5.97 Å². The maximum atomic E-state index is 10.7. The summed E-state index contributed by atoms with van der Waals surface area (Å²) in [5.41, 5.74) is 0.677. The highest BCUT2D eigenvalue weighted by Crippen LogP contribution is 2.14. The highest BCUT2D eigenvalue weighted by Gasteiger charge is 2.04. The summed E-state index contributed by atoms with van der Waals surface area (Å²) in [6, 6.07) is 6.76. The number of carboxylic acids is 1. The fraction of sp³-hybridized carbons (Fsp3) is 0. The van der Waals surface area contributed by atoms with Crippen molar-refractivity contribution in [2.45, 2.75) is 0 Å². The lowest BCUT2D eigenvalue weighted by molar-refractivity contribution is -0.256. The normalized spacial score (nSPS) is 10.2. The largest absolute Gasteiger partial charge is 0.542 e. The van der Waals surface area contributed by atoms with E-state index in [0.29, 0.717) is 10.7 Å². The fourth-order valence-electron chi connectivity index (χ4n) is 1.26. The lowest BCUT2D eigenvalue weighted by Gasteiger charge is -2.07.